The summed E-state index contributed by atoms with van der Waals surface area (Å²) in [4.78, 5) is 25.1. The molecule has 15 heavy (non-hydrogen) atoms. The van der Waals surface area contributed by atoms with Crippen molar-refractivity contribution in [3.63, 3.8) is 0 Å². The lowest BCUT2D eigenvalue weighted by molar-refractivity contribution is -0.152. The van der Waals surface area contributed by atoms with E-state index in [0.717, 1.165) is 6.54 Å². The molecule has 2 fully saturated rings. The van der Waals surface area contributed by atoms with Crippen molar-refractivity contribution in [2.75, 3.05) is 13.1 Å². The number of nitrogens with zero attached hydrogens (tertiary/aromatic N) is 1. The molecule has 2 amide bonds. The van der Waals surface area contributed by atoms with Gasteiger partial charge in [-0.3, -0.25) is 9.59 Å². The molecule has 0 bridgehead atoms. The summed E-state index contributed by atoms with van der Waals surface area (Å²) in [5, 5.41) is 2.63. The summed E-state index contributed by atoms with van der Waals surface area (Å²) in [6.45, 7) is 4.55. The summed E-state index contributed by atoms with van der Waals surface area (Å²) in [7, 11) is 0. The standard InChI is InChI=1S/C11H18N2O2/c1-11(2)10(15)12-6-9(14)13(11)7-8-4-3-5-8/h8H,3-7H2,1-2H3,(H,12,15). The van der Waals surface area contributed by atoms with E-state index in [9.17, 15) is 9.59 Å². The van der Waals surface area contributed by atoms with Crippen LogP contribution in [0, 0.1) is 5.92 Å². The first-order valence-electron chi connectivity index (χ1n) is 5.60. The predicted octanol–water partition coefficient (Wildman–Crippen LogP) is 0.523. The molecule has 0 spiro atoms. The summed E-state index contributed by atoms with van der Waals surface area (Å²) >= 11 is 0. The van der Waals surface area contributed by atoms with E-state index in [1.165, 1.54) is 19.3 Å². The number of amides is 2. The van der Waals surface area contributed by atoms with Crippen LogP contribution in [0.5, 0.6) is 0 Å². The van der Waals surface area contributed by atoms with Crippen molar-refractivity contribution in [3.8, 4) is 0 Å². The molecule has 2 rings (SSSR count). The predicted molar refractivity (Wildman–Crippen MR) is 56.1 cm³/mol. The third kappa shape index (κ3) is 1.73. The van der Waals surface area contributed by atoms with Crippen molar-refractivity contribution in [2.45, 2.75) is 38.6 Å². The van der Waals surface area contributed by atoms with Crippen molar-refractivity contribution in [2.24, 2.45) is 5.92 Å². The second kappa shape index (κ2) is 3.51. The zero-order chi connectivity index (χ0) is 11.1. The second-order valence-corrected chi connectivity index (χ2v) is 5.04. The molecule has 1 saturated carbocycles. The van der Waals surface area contributed by atoms with Crippen LogP contribution in [-0.2, 0) is 9.59 Å². The van der Waals surface area contributed by atoms with E-state index in [1.54, 1.807) is 4.90 Å². The van der Waals surface area contributed by atoms with Gasteiger partial charge in [0, 0.05) is 6.54 Å². The minimum Gasteiger partial charge on any atom is -0.345 e. The SMILES string of the molecule is CC1(C)C(=O)NCC(=O)N1CC1CCC1. The van der Waals surface area contributed by atoms with Gasteiger partial charge in [-0.2, -0.15) is 0 Å². The van der Waals surface area contributed by atoms with Crippen LogP contribution in [0.25, 0.3) is 0 Å². The van der Waals surface area contributed by atoms with Crippen LogP contribution < -0.4 is 5.32 Å². The average Bonchev–Trinajstić information content (AvgIpc) is 2.09. The van der Waals surface area contributed by atoms with Gasteiger partial charge in [0.25, 0.3) is 0 Å². The highest BCUT2D eigenvalue weighted by molar-refractivity contribution is 5.97. The Morgan fingerprint density at radius 1 is 1.40 bits per heavy atom. The van der Waals surface area contributed by atoms with Crippen LogP contribution in [0.1, 0.15) is 33.1 Å². The number of rotatable bonds is 2. The average molecular weight is 210 g/mol. The molecule has 1 aliphatic heterocycles. The fraction of sp³-hybridized carbons (Fsp3) is 0.818. The molecule has 2 aliphatic rings. The van der Waals surface area contributed by atoms with Crippen molar-refractivity contribution in [1.82, 2.24) is 10.2 Å². The van der Waals surface area contributed by atoms with E-state index in [1.807, 2.05) is 13.8 Å². The van der Waals surface area contributed by atoms with Crippen molar-refractivity contribution >= 4 is 11.8 Å². The van der Waals surface area contributed by atoms with E-state index in [0.29, 0.717) is 5.92 Å². The number of carbonyl (C=O) groups excluding carboxylic acids is 2. The lowest BCUT2D eigenvalue weighted by atomic mass is 9.83. The molecule has 0 aromatic rings. The van der Waals surface area contributed by atoms with Gasteiger partial charge in [0.2, 0.25) is 11.8 Å². The van der Waals surface area contributed by atoms with E-state index in [4.69, 9.17) is 0 Å². The molecular formula is C11H18N2O2. The molecule has 0 aromatic heterocycles. The molecule has 1 saturated heterocycles. The Hall–Kier alpha value is -1.06. The quantitative estimate of drug-likeness (QED) is 0.722. The molecule has 0 unspecified atom stereocenters. The van der Waals surface area contributed by atoms with Gasteiger partial charge in [0.15, 0.2) is 0 Å². The Bertz CT molecular complexity index is 295. The molecule has 4 heteroatoms. The number of nitrogens with one attached hydrogen (secondary N) is 1. The number of carbonyl (C=O) groups is 2. The lowest BCUT2D eigenvalue weighted by Crippen LogP contribution is -2.65. The highest BCUT2D eigenvalue weighted by Crippen LogP contribution is 2.30. The van der Waals surface area contributed by atoms with Crippen LogP contribution >= 0.6 is 0 Å². The van der Waals surface area contributed by atoms with E-state index in [2.05, 4.69) is 5.32 Å². The number of hydrogen-bond acceptors (Lipinski definition) is 2. The molecule has 1 heterocycles. The van der Waals surface area contributed by atoms with Gasteiger partial charge in [-0.05, 0) is 32.6 Å². The van der Waals surface area contributed by atoms with Gasteiger partial charge in [-0.25, -0.2) is 0 Å². The Balaban J connectivity index is 2.09. The van der Waals surface area contributed by atoms with E-state index < -0.39 is 5.54 Å². The van der Waals surface area contributed by atoms with Gasteiger partial charge in [-0.1, -0.05) is 6.42 Å². The van der Waals surface area contributed by atoms with Gasteiger partial charge >= 0.3 is 0 Å². The molecule has 0 aromatic carbocycles. The first-order valence-corrected chi connectivity index (χ1v) is 5.60. The van der Waals surface area contributed by atoms with Crippen LogP contribution in [0.3, 0.4) is 0 Å². The summed E-state index contributed by atoms with van der Waals surface area (Å²) < 4.78 is 0. The van der Waals surface area contributed by atoms with Crippen molar-refractivity contribution in [3.05, 3.63) is 0 Å². The third-order valence-electron chi connectivity index (χ3n) is 3.60. The smallest absolute Gasteiger partial charge is 0.245 e. The molecular weight excluding hydrogens is 192 g/mol. The summed E-state index contributed by atoms with van der Waals surface area (Å²) in [6.07, 6.45) is 3.66. The minimum absolute atomic E-state index is 0.0403. The molecule has 4 nitrogen and oxygen atoms in total. The van der Waals surface area contributed by atoms with Gasteiger partial charge in [0.05, 0.1) is 6.54 Å². The topological polar surface area (TPSA) is 49.4 Å². The van der Waals surface area contributed by atoms with Crippen LogP contribution in [0.15, 0.2) is 0 Å². The van der Waals surface area contributed by atoms with Crippen LogP contribution in [0.4, 0.5) is 0 Å². The summed E-state index contributed by atoms with van der Waals surface area (Å²) in [5.74, 6) is 0.618. The van der Waals surface area contributed by atoms with Gasteiger partial charge in [-0.15, -0.1) is 0 Å². The lowest BCUT2D eigenvalue weighted by Gasteiger charge is -2.44. The Morgan fingerprint density at radius 2 is 2.07 bits per heavy atom. The third-order valence-corrected chi connectivity index (χ3v) is 3.60. The highest BCUT2D eigenvalue weighted by atomic mass is 16.2. The molecule has 0 radical (unpaired) electrons. The largest absolute Gasteiger partial charge is 0.345 e. The van der Waals surface area contributed by atoms with Crippen LogP contribution in [0.2, 0.25) is 0 Å². The number of piperazine rings is 1. The zero-order valence-electron chi connectivity index (χ0n) is 9.38. The molecule has 0 atom stereocenters. The fourth-order valence-corrected chi connectivity index (χ4v) is 2.17. The van der Waals surface area contributed by atoms with E-state index >= 15 is 0 Å². The first-order chi connectivity index (χ1) is 7.01. The molecule has 1 N–H and O–H groups in total. The molecule has 84 valence electrons. The van der Waals surface area contributed by atoms with Gasteiger partial charge < -0.3 is 10.2 Å². The second-order valence-electron chi connectivity index (χ2n) is 5.04. The monoisotopic (exact) mass is 210 g/mol. The maximum atomic E-state index is 11.7. The zero-order valence-corrected chi connectivity index (χ0v) is 9.38. The van der Waals surface area contributed by atoms with E-state index in [-0.39, 0.29) is 18.4 Å². The molecule has 1 aliphatic carbocycles. The van der Waals surface area contributed by atoms with Crippen LogP contribution in [-0.4, -0.2) is 35.3 Å². The maximum absolute atomic E-state index is 11.7. The number of hydrogen-bond donors (Lipinski definition) is 1. The normalized spacial score (nSPS) is 26.1. The Kier molecular flexibility index (Phi) is 2.44. The van der Waals surface area contributed by atoms with Crippen molar-refractivity contribution < 1.29 is 9.59 Å². The minimum atomic E-state index is -0.676. The Labute approximate surface area is 90.0 Å². The Morgan fingerprint density at radius 3 is 2.60 bits per heavy atom. The highest BCUT2D eigenvalue weighted by Gasteiger charge is 2.42. The fourth-order valence-electron chi connectivity index (χ4n) is 2.17. The van der Waals surface area contributed by atoms with Gasteiger partial charge in [0.1, 0.15) is 5.54 Å². The van der Waals surface area contributed by atoms with Crippen molar-refractivity contribution in [1.29, 1.82) is 0 Å². The summed E-state index contributed by atoms with van der Waals surface area (Å²) in [6, 6.07) is 0. The summed E-state index contributed by atoms with van der Waals surface area (Å²) in [5.41, 5.74) is -0.676. The maximum Gasteiger partial charge on any atom is 0.245 e. The first kappa shape index (κ1) is 10.5.